The molecule has 3 unspecified atom stereocenters. The maximum absolute atomic E-state index is 14.0. The van der Waals surface area contributed by atoms with Gasteiger partial charge in [-0.2, -0.15) is 0 Å². The molecule has 1 aromatic rings. The number of fused-ring (bicyclic) bond motifs is 1. The maximum Gasteiger partial charge on any atom is 0.244 e. The quantitative estimate of drug-likeness (QED) is 0.307. The number of rotatable bonds is 14. The fraction of sp³-hybridized carbons (Fsp3) is 0.690. The van der Waals surface area contributed by atoms with Crippen LogP contribution in [0.3, 0.4) is 0 Å². The van der Waals surface area contributed by atoms with Crippen LogP contribution in [0.1, 0.15) is 65.7 Å². The molecule has 0 aromatic heterocycles. The molecule has 3 aliphatic rings. The Balaban J connectivity index is 1.57. The molecule has 38 heavy (non-hydrogen) atoms. The van der Waals surface area contributed by atoms with E-state index in [4.69, 9.17) is 4.74 Å². The molecule has 0 radical (unpaired) electrons. The average molecular weight is 546 g/mol. The Bertz CT molecular complexity index is 989. The van der Waals surface area contributed by atoms with Crippen LogP contribution in [0.5, 0.6) is 5.75 Å². The van der Waals surface area contributed by atoms with Crippen LogP contribution in [0.25, 0.3) is 0 Å². The number of anilines is 1. The highest BCUT2D eigenvalue weighted by atomic mass is 32.2. The van der Waals surface area contributed by atoms with E-state index in [-0.39, 0.29) is 35.5 Å². The van der Waals surface area contributed by atoms with Crippen molar-refractivity contribution in [3.63, 3.8) is 0 Å². The number of amides is 3. The number of aliphatic hydroxyl groups is 1. The highest BCUT2D eigenvalue weighted by molar-refractivity contribution is 8.02. The van der Waals surface area contributed by atoms with Crippen LogP contribution in [0.15, 0.2) is 24.3 Å². The van der Waals surface area contributed by atoms with E-state index in [1.54, 1.807) is 16.7 Å². The molecule has 3 aliphatic heterocycles. The summed E-state index contributed by atoms with van der Waals surface area (Å²) in [6, 6.07) is 6.71. The lowest BCUT2D eigenvalue weighted by Crippen LogP contribution is -2.56. The number of ether oxygens (including phenoxy) is 1. The highest BCUT2D eigenvalue weighted by Gasteiger charge is 2.75. The van der Waals surface area contributed by atoms with Gasteiger partial charge in [0.2, 0.25) is 17.7 Å². The van der Waals surface area contributed by atoms with Crippen LogP contribution >= 0.6 is 11.8 Å². The third-order valence-corrected chi connectivity index (χ3v) is 10.4. The molecular weight excluding hydrogens is 502 g/mol. The SMILES string of the molecule is CCCCCNC(=O)C1N(CCCCCO)C(=O)[C@@H]2[C@H](C(=O)Nc3ccc(OCC)cc3)[C@@H]3CC(C)C12S3. The van der Waals surface area contributed by atoms with E-state index in [1.807, 2.05) is 31.2 Å². The summed E-state index contributed by atoms with van der Waals surface area (Å²) in [5.41, 5.74) is 0.671. The number of hydrogen-bond acceptors (Lipinski definition) is 6. The minimum Gasteiger partial charge on any atom is -0.494 e. The number of hydrogen-bond donors (Lipinski definition) is 3. The fourth-order valence-electron chi connectivity index (χ4n) is 6.64. The summed E-state index contributed by atoms with van der Waals surface area (Å²) in [7, 11) is 0. The molecule has 4 rings (SSSR count). The summed E-state index contributed by atoms with van der Waals surface area (Å²) < 4.78 is 4.90. The lowest BCUT2D eigenvalue weighted by Gasteiger charge is -2.38. The van der Waals surface area contributed by atoms with Gasteiger partial charge in [0.15, 0.2) is 0 Å². The van der Waals surface area contributed by atoms with Crippen LogP contribution in [0.2, 0.25) is 0 Å². The maximum atomic E-state index is 14.0. The zero-order valence-electron chi connectivity index (χ0n) is 22.9. The summed E-state index contributed by atoms with van der Waals surface area (Å²) >= 11 is 1.70. The van der Waals surface area contributed by atoms with Gasteiger partial charge in [0.25, 0.3) is 0 Å². The molecule has 2 bridgehead atoms. The zero-order chi connectivity index (χ0) is 27.3. The minimum atomic E-state index is -0.603. The molecule has 1 aromatic carbocycles. The van der Waals surface area contributed by atoms with Crippen molar-refractivity contribution in [1.82, 2.24) is 10.2 Å². The number of carbonyl (C=O) groups is 3. The molecule has 3 amide bonds. The van der Waals surface area contributed by atoms with Gasteiger partial charge in [-0.1, -0.05) is 26.7 Å². The molecule has 3 saturated heterocycles. The van der Waals surface area contributed by atoms with Crippen LogP contribution in [-0.2, 0) is 14.4 Å². The Morgan fingerprint density at radius 2 is 1.87 bits per heavy atom. The van der Waals surface area contributed by atoms with Gasteiger partial charge < -0.3 is 25.4 Å². The van der Waals surface area contributed by atoms with E-state index in [0.717, 1.165) is 44.3 Å². The monoisotopic (exact) mass is 545 g/mol. The largest absolute Gasteiger partial charge is 0.494 e. The van der Waals surface area contributed by atoms with Crippen LogP contribution in [0.4, 0.5) is 5.69 Å². The predicted molar refractivity (Wildman–Crippen MR) is 150 cm³/mol. The standard InChI is InChI=1S/C29H43N3O5S/c1-4-6-8-15-30-27(35)25-29-19(3)18-22(38-29)23(24(29)28(36)32(25)16-9-7-10-17-33)26(34)31-20-11-13-21(14-12-20)37-5-2/h11-14,19,22-25,33H,4-10,15-18H2,1-3H3,(H,30,35)(H,31,34)/t19?,22-,23+,24-,25?,29?/m0/s1. The van der Waals surface area contributed by atoms with Gasteiger partial charge in [-0.25, -0.2) is 0 Å². The van der Waals surface area contributed by atoms with Gasteiger partial charge in [-0.3, -0.25) is 14.4 Å². The summed E-state index contributed by atoms with van der Waals surface area (Å²) in [5, 5.41) is 15.4. The van der Waals surface area contributed by atoms with Crippen LogP contribution < -0.4 is 15.4 Å². The molecule has 8 nitrogen and oxygen atoms in total. The van der Waals surface area contributed by atoms with Gasteiger partial charge in [0.05, 0.1) is 23.2 Å². The van der Waals surface area contributed by atoms with Crippen molar-refractivity contribution in [2.24, 2.45) is 17.8 Å². The highest BCUT2D eigenvalue weighted by Crippen LogP contribution is 2.68. The Morgan fingerprint density at radius 3 is 2.55 bits per heavy atom. The Hall–Kier alpha value is -2.26. The first-order valence-electron chi connectivity index (χ1n) is 14.3. The van der Waals surface area contributed by atoms with E-state index >= 15 is 0 Å². The fourth-order valence-corrected chi connectivity index (χ4v) is 9.06. The predicted octanol–water partition coefficient (Wildman–Crippen LogP) is 3.83. The van der Waals surface area contributed by atoms with Gasteiger partial charge in [-0.05, 0) is 69.2 Å². The van der Waals surface area contributed by atoms with Gasteiger partial charge >= 0.3 is 0 Å². The number of nitrogens with one attached hydrogen (secondary N) is 2. The number of unbranched alkanes of at least 4 members (excludes halogenated alkanes) is 4. The van der Waals surface area contributed by atoms with Crippen molar-refractivity contribution >= 4 is 35.2 Å². The van der Waals surface area contributed by atoms with Crippen molar-refractivity contribution in [2.45, 2.75) is 81.8 Å². The third kappa shape index (κ3) is 5.41. The third-order valence-electron chi connectivity index (χ3n) is 8.37. The van der Waals surface area contributed by atoms with Crippen molar-refractivity contribution in [3.8, 4) is 5.75 Å². The molecular formula is C29H43N3O5S. The first-order chi connectivity index (χ1) is 18.4. The van der Waals surface area contributed by atoms with Gasteiger partial charge in [-0.15, -0.1) is 11.8 Å². The summed E-state index contributed by atoms with van der Waals surface area (Å²) in [4.78, 5) is 43.2. The second-order valence-electron chi connectivity index (χ2n) is 10.8. The first-order valence-corrected chi connectivity index (χ1v) is 15.2. The average Bonchev–Trinajstić information content (AvgIpc) is 3.49. The second kappa shape index (κ2) is 12.7. The Morgan fingerprint density at radius 1 is 1.11 bits per heavy atom. The minimum absolute atomic E-state index is 0.00794. The topological polar surface area (TPSA) is 108 Å². The van der Waals surface area contributed by atoms with Gasteiger partial charge in [0.1, 0.15) is 11.8 Å². The van der Waals surface area contributed by atoms with E-state index in [0.29, 0.717) is 31.8 Å². The van der Waals surface area contributed by atoms with Crippen LogP contribution in [0, 0.1) is 17.8 Å². The van der Waals surface area contributed by atoms with Crippen molar-refractivity contribution < 1.29 is 24.2 Å². The molecule has 6 atom stereocenters. The number of thioether (sulfide) groups is 1. The van der Waals surface area contributed by atoms with Crippen molar-refractivity contribution in [3.05, 3.63) is 24.3 Å². The number of aliphatic hydroxyl groups excluding tert-OH is 1. The van der Waals surface area contributed by atoms with Gasteiger partial charge in [0, 0.05) is 30.6 Å². The van der Waals surface area contributed by atoms with Crippen LogP contribution in [-0.4, -0.2) is 70.1 Å². The first kappa shape index (κ1) is 28.7. The number of likely N-dealkylation sites (tertiary alicyclic amines) is 1. The molecule has 3 heterocycles. The lowest BCUT2D eigenvalue weighted by atomic mass is 9.66. The lowest BCUT2D eigenvalue weighted by molar-refractivity contribution is -0.139. The summed E-state index contributed by atoms with van der Waals surface area (Å²) in [6.07, 6.45) is 6.02. The smallest absolute Gasteiger partial charge is 0.244 e. The Labute approximate surface area is 230 Å². The molecule has 0 aliphatic carbocycles. The zero-order valence-corrected chi connectivity index (χ0v) is 23.7. The molecule has 9 heteroatoms. The molecule has 3 fully saturated rings. The number of benzene rings is 1. The molecule has 210 valence electrons. The normalized spacial score (nSPS) is 29.4. The number of carbonyl (C=O) groups excluding carboxylic acids is 3. The van der Waals surface area contributed by atoms with Crippen molar-refractivity contribution in [1.29, 1.82) is 0 Å². The van der Waals surface area contributed by atoms with E-state index < -0.39 is 22.6 Å². The Kier molecular flexibility index (Phi) is 9.63. The second-order valence-corrected chi connectivity index (χ2v) is 12.4. The van der Waals surface area contributed by atoms with E-state index in [2.05, 4.69) is 24.5 Å². The van der Waals surface area contributed by atoms with E-state index in [9.17, 15) is 19.5 Å². The molecule has 3 N–H and O–H groups in total. The summed E-state index contributed by atoms with van der Waals surface area (Å²) in [6.45, 7) is 7.94. The summed E-state index contributed by atoms with van der Waals surface area (Å²) in [5.74, 6) is -0.425. The van der Waals surface area contributed by atoms with Crippen molar-refractivity contribution in [2.75, 3.05) is 31.6 Å². The number of nitrogens with zero attached hydrogens (tertiary/aromatic N) is 1. The molecule has 1 spiro atoms. The van der Waals surface area contributed by atoms with E-state index in [1.165, 1.54) is 0 Å². The molecule has 0 saturated carbocycles.